The first kappa shape index (κ1) is 11.8. The number of hydrogen-bond donors (Lipinski definition) is 0. The fourth-order valence-corrected chi connectivity index (χ4v) is 1.27. The maximum atomic E-state index is 11.8. The van der Waals surface area contributed by atoms with E-state index in [0.717, 1.165) is 0 Å². The lowest BCUT2D eigenvalue weighted by Gasteiger charge is -2.09. The minimum Gasteiger partial charge on any atom is -0.487 e. The smallest absolute Gasteiger partial charge is 0.211 e. The van der Waals surface area contributed by atoms with Gasteiger partial charge in [0.1, 0.15) is 5.76 Å². The molecule has 1 rings (SSSR count). The third-order valence-corrected chi connectivity index (χ3v) is 1.93. The minimum atomic E-state index is -0.0786. The van der Waals surface area contributed by atoms with Crippen molar-refractivity contribution in [1.82, 2.24) is 0 Å². The summed E-state index contributed by atoms with van der Waals surface area (Å²) in [4.78, 5) is 11.8. The largest absolute Gasteiger partial charge is 0.487 e. The molecule has 0 spiro atoms. The van der Waals surface area contributed by atoms with E-state index in [4.69, 9.17) is 9.15 Å². The monoisotopic (exact) mass is 210 g/mol. The van der Waals surface area contributed by atoms with E-state index in [9.17, 15) is 4.79 Å². The third-order valence-electron chi connectivity index (χ3n) is 1.93. The molecule has 0 amide bonds. The number of rotatable bonds is 4. The number of carbonyl (C=O) groups is 1. The van der Waals surface area contributed by atoms with Crippen LogP contribution >= 0.6 is 0 Å². The number of ether oxygens (including phenoxy) is 1. The lowest BCUT2D eigenvalue weighted by Crippen LogP contribution is -2.11. The highest BCUT2D eigenvalue weighted by Gasteiger charge is 2.21. The number of carbonyl (C=O) groups excluding carboxylic acids is 1. The van der Waals surface area contributed by atoms with Crippen molar-refractivity contribution in [3.63, 3.8) is 0 Å². The molecule has 0 aromatic carbocycles. The molecule has 0 radical (unpaired) electrons. The van der Waals surface area contributed by atoms with Crippen molar-refractivity contribution in [1.29, 1.82) is 0 Å². The first-order valence-electron chi connectivity index (χ1n) is 5.23. The van der Waals surface area contributed by atoms with Crippen LogP contribution in [-0.2, 0) is 0 Å². The second-order valence-electron chi connectivity index (χ2n) is 4.24. The number of hydrogen-bond acceptors (Lipinski definition) is 3. The summed E-state index contributed by atoms with van der Waals surface area (Å²) in [5.74, 6) is 1.51. The van der Waals surface area contributed by atoms with Gasteiger partial charge in [-0.3, -0.25) is 4.79 Å². The maximum Gasteiger partial charge on any atom is 0.211 e. The topological polar surface area (TPSA) is 39.4 Å². The molecule has 0 saturated carbocycles. The Balaban J connectivity index is 3.00. The normalized spacial score (nSPS) is 11.1. The predicted octanol–water partition coefficient (Wildman–Crippen LogP) is 3.21. The zero-order valence-electron chi connectivity index (χ0n) is 9.96. The van der Waals surface area contributed by atoms with Crippen LogP contribution in [0.4, 0.5) is 0 Å². The van der Waals surface area contributed by atoms with Gasteiger partial charge >= 0.3 is 0 Å². The van der Waals surface area contributed by atoms with Gasteiger partial charge in [0.05, 0.1) is 6.10 Å². The van der Waals surface area contributed by atoms with Gasteiger partial charge in [-0.25, -0.2) is 0 Å². The van der Waals surface area contributed by atoms with Crippen LogP contribution < -0.4 is 4.74 Å². The van der Waals surface area contributed by atoms with Crippen LogP contribution in [0.3, 0.4) is 0 Å². The van der Waals surface area contributed by atoms with Crippen molar-refractivity contribution in [2.75, 3.05) is 0 Å². The van der Waals surface area contributed by atoms with E-state index >= 15 is 0 Å². The van der Waals surface area contributed by atoms with Crippen molar-refractivity contribution >= 4 is 5.78 Å². The average Bonchev–Trinajstić information content (AvgIpc) is 2.44. The van der Waals surface area contributed by atoms with Gasteiger partial charge in [-0.2, -0.15) is 0 Å². The van der Waals surface area contributed by atoms with Crippen molar-refractivity contribution in [2.24, 2.45) is 5.92 Å². The van der Waals surface area contributed by atoms with E-state index < -0.39 is 0 Å². The Morgan fingerprint density at radius 1 is 1.33 bits per heavy atom. The molecule has 84 valence electrons. The Morgan fingerprint density at radius 2 is 1.93 bits per heavy atom. The number of aryl methyl sites for hydroxylation is 1. The molecule has 1 aromatic rings. The molecule has 15 heavy (non-hydrogen) atoms. The van der Waals surface area contributed by atoms with Crippen LogP contribution in [0.15, 0.2) is 10.5 Å². The van der Waals surface area contributed by atoms with Crippen LogP contribution in [0.2, 0.25) is 0 Å². The van der Waals surface area contributed by atoms with Gasteiger partial charge in [0, 0.05) is 12.0 Å². The highest BCUT2D eigenvalue weighted by atomic mass is 16.5. The van der Waals surface area contributed by atoms with Crippen LogP contribution in [0.25, 0.3) is 0 Å². The zero-order chi connectivity index (χ0) is 11.6. The van der Waals surface area contributed by atoms with Gasteiger partial charge in [-0.1, -0.05) is 13.8 Å². The van der Waals surface area contributed by atoms with Gasteiger partial charge in [-0.05, 0) is 20.8 Å². The average molecular weight is 210 g/mol. The van der Waals surface area contributed by atoms with Crippen molar-refractivity contribution in [3.05, 3.63) is 17.6 Å². The lowest BCUT2D eigenvalue weighted by atomic mass is 10.1. The van der Waals surface area contributed by atoms with Gasteiger partial charge in [-0.15, -0.1) is 0 Å². The lowest BCUT2D eigenvalue weighted by molar-refractivity contribution is 0.0901. The highest BCUT2D eigenvalue weighted by Crippen LogP contribution is 2.26. The summed E-state index contributed by atoms with van der Waals surface area (Å²) >= 11 is 0. The first-order chi connectivity index (χ1) is 6.91. The van der Waals surface area contributed by atoms with E-state index in [2.05, 4.69) is 0 Å². The van der Waals surface area contributed by atoms with Crippen molar-refractivity contribution < 1.29 is 13.9 Å². The SMILES string of the molecule is Cc1cc(OC(C)C)c(C(=O)C(C)C)o1. The molecule has 3 heteroatoms. The minimum absolute atomic E-state index is 0.0150. The van der Waals surface area contributed by atoms with Crippen LogP contribution in [0.1, 0.15) is 44.0 Å². The molecule has 0 fully saturated rings. The van der Waals surface area contributed by atoms with Crippen LogP contribution in [0, 0.1) is 12.8 Å². The fourth-order valence-electron chi connectivity index (χ4n) is 1.27. The zero-order valence-corrected chi connectivity index (χ0v) is 9.96. The van der Waals surface area contributed by atoms with Gasteiger partial charge in [0.25, 0.3) is 0 Å². The molecule has 1 aromatic heterocycles. The summed E-state index contributed by atoms with van der Waals surface area (Å²) in [6, 6.07) is 1.76. The second kappa shape index (κ2) is 4.51. The summed E-state index contributed by atoms with van der Waals surface area (Å²) in [6.07, 6.45) is 0.0423. The molecular weight excluding hydrogens is 192 g/mol. The first-order valence-corrected chi connectivity index (χ1v) is 5.23. The Hall–Kier alpha value is -1.25. The Labute approximate surface area is 90.4 Å². The molecule has 0 bridgehead atoms. The maximum absolute atomic E-state index is 11.8. The number of ketones is 1. The summed E-state index contributed by atoms with van der Waals surface area (Å²) in [6.45, 7) is 9.35. The fraction of sp³-hybridized carbons (Fsp3) is 0.583. The van der Waals surface area contributed by atoms with Gasteiger partial charge in [0.2, 0.25) is 11.5 Å². The predicted molar refractivity (Wildman–Crippen MR) is 58.4 cm³/mol. The van der Waals surface area contributed by atoms with Gasteiger partial charge in [0.15, 0.2) is 5.75 Å². The molecule has 0 saturated heterocycles. The summed E-state index contributed by atoms with van der Waals surface area (Å²) in [7, 11) is 0. The molecule has 0 atom stereocenters. The number of Topliss-reactive ketones (excluding diaryl/α,β-unsaturated/α-hetero) is 1. The van der Waals surface area contributed by atoms with Crippen LogP contribution in [-0.4, -0.2) is 11.9 Å². The molecule has 0 N–H and O–H groups in total. The molecule has 0 aliphatic carbocycles. The standard InChI is InChI=1S/C12H18O3/c1-7(2)11(13)12-10(14-8(3)4)6-9(5)15-12/h6-8H,1-5H3. The Kier molecular flexibility index (Phi) is 3.56. The Bertz CT molecular complexity index is 348. The van der Waals surface area contributed by atoms with Gasteiger partial charge < -0.3 is 9.15 Å². The van der Waals surface area contributed by atoms with Crippen molar-refractivity contribution in [3.8, 4) is 5.75 Å². The quantitative estimate of drug-likeness (QED) is 0.716. The number of furan rings is 1. The van der Waals surface area contributed by atoms with E-state index in [1.165, 1.54) is 0 Å². The summed E-state index contributed by atoms with van der Waals surface area (Å²) in [5.41, 5.74) is 0. The van der Waals surface area contributed by atoms with Crippen LogP contribution in [0.5, 0.6) is 5.75 Å². The molecule has 0 aliphatic rings. The van der Waals surface area contributed by atoms with E-state index in [1.807, 2.05) is 34.6 Å². The highest BCUT2D eigenvalue weighted by molar-refractivity contribution is 5.97. The van der Waals surface area contributed by atoms with E-state index in [0.29, 0.717) is 17.3 Å². The molecule has 0 unspecified atom stereocenters. The third kappa shape index (κ3) is 2.85. The Morgan fingerprint density at radius 3 is 2.40 bits per heavy atom. The molecule has 3 nitrogen and oxygen atoms in total. The molecule has 1 heterocycles. The van der Waals surface area contributed by atoms with E-state index in [-0.39, 0.29) is 17.8 Å². The van der Waals surface area contributed by atoms with E-state index in [1.54, 1.807) is 6.07 Å². The van der Waals surface area contributed by atoms with Crippen molar-refractivity contribution in [2.45, 2.75) is 40.7 Å². The summed E-state index contributed by atoms with van der Waals surface area (Å²) in [5, 5.41) is 0. The molecular formula is C12H18O3. The molecule has 0 aliphatic heterocycles. The second-order valence-corrected chi connectivity index (χ2v) is 4.24. The summed E-state index contributed by atoms with van der Waals surface area (Å²) < 4.78 is 10.9.